The van der Waals surface area contributed by atoms with Gasteiger partial charge < -0.3 is 10.1 Å². The summed E-state index contributed by atoms with van der Waals surface area (Å²) >= 11 is 0. The lowest BCUT2D eigenvalue weighted by atomic mass is 9.99. The normalized spacial score (nSPS) is 18.1. The average Bonchev–Trinajstić information content (AvgIpc) is 2.07. The van der Waals surface area contributed by atoms with Gasteiger partial charge in [-0.2, -0.15) is 0 Å². The Hall–Kier alpha value is -0.280. The first kappa shape index (κ1) is 11.7. The standard InChI is InChI=1S/C8H15NO2.ClH/c1-2-11-8(10)7-3-5-9-6-4-7;/h7,9H,2-6H2,1H3;1H. The van der Waals surface area contributed by atoms with Crippen LogP contribution < -0.4 is 5.32 Å². The molecule has 0 aromatic rings. The zero-order valence-electron chi connectivity index (χ0n) is 7.34. The molecule has 0 aliphatic carbocycles. The van der Waals surface area contributed by atoms with Gasteiger partial charge in [0.05, 0.1) is 12.5 Å². The number of piperidine rings is 1. The number of rotatable bonds is 2. The molecule has 12 heavy (non-hydrogen) atoms. The number of ether oxygens (including phenoxy) is 1. The van der Waals surface area contributed by atoms with Crippen molar-refractivity contribution in [1.29, 1.82) is 0 Å². The molecule has 0 radical (unpaired) electrons. The van der Waals surface area contributed by atoms with Gasteiger partial charge in [0, 0.05) is 0 Å². The summed E-state index contributed by atoms with van der Waals surface area (Å²) in [6.07, 6.45) is 1.86. The molecule has 0 aromatic heterocycles. The van der Waals surface area contributed by atoms with E-state index in [4.69, 9.17) is 4.74 Å². The lowest BCUT2D eigenvalue weighted by Crippen LogP contribution is -2.32. The summed E-state index contributed by atoms with van der Waals surface area (Å²) in [7, 11) is 0. The Balaban J connectivity index is 0.00000121. The largest absolute Gasteiger partial charge is 0.466 e. The molecule has 4 heteroatoms. The Labute approximate surface area is 79.3 Å². The van der Waals surface area contributed by atoms with Crippen molar-refractivity contribution >= 4 is 18.4 Å². The van der Waals surface area contributed by atoms with E-state index >= 15 is 0 Å². The van der Waals surface area contributed by atoms with Gasteiger partial charge in [-0.15, -0.1) is 12.4 Å². The van der Waals surface area contributed by atoms with Crippen molar-refractivity contribution in [2.45, 2.75) is 19.8 Å². The second kappa shape index (κ2) is 6.26. The highest BCUT2D eigenvalue weighted by atomic mass is 35.5. The number of halogens is 1. The van der Waals surface area contributed by atoms with Gasteiger partial charge in [0.25, 0.3) is 0 Å². The highest BCUT2D eigenvalue weighted by Crippen LogP contribution is 2.12. The quantitative estimate of drug-likeness (QED) is 0.665. The molecule has 0 spiro atoms. The fraction of sp³-hybridized carbons (Fsp3) is 0.875. The van der Waals surface area contributed by atoms with E-state index in [9.17, 15) is 4.79 Å². The summed E-state index contributed by atoms with van der Waals surface area (Å²) in [5.41, 5.74) is 0. The number of nitrogens with one attached hydrogen (secondary N) is 1. The Kier molecular flexibility index (Phi) is 6.11. The minimum Gasteiger partial charge on any atom is -0.466 e. The van der Waals surface area contributed by atoms with E-state index in [0.29, 0.717) is 6.61 Å². The molecule has 1 aliphatic rings. The van der Waals surface area contributed by atoms with Crippen molar-refractivity contribution in [2.75, 3.05) is 19.7 Å². The Morgan fingerprint density at radius 1 is 1.50 bits per heavy atom. The summed E-state index contributed by atoms with van der Waals surface area (Å²) in [6.45, 7) is 4.24. The first-order chi connectivity index (χ1) is 5.34. The molecule has 72 valence electrons. The predicted molar refractivity (Wildman–Crippen MR) is 49.5 cm³/mol. The summed E-state index contributed by atoms with van der Waals surface area (Å²) in [6, 6.07) is 0. The van der Waals surface area contributed by atoms with Gasteiger partial charge in [0.2, 0.25) is 0 Å². The maximum Gasteiger partial charge on any atom is 0.309 e. The highest BCUT2D eigenvalue weighted by Gasteiger charge is 2.21. The fourth-order valence-corrected chi connectivity index (χ4v) is 1.32. The molecule has 1 heterocycles. The smallest absolute Gasteiger partial charge is 0.309 e. The molecule has 1 N–H and O–H groups in total. The number of hydrogen-bond acceptors (Lipinski definition) is 3. The first-order valence-electron chi connectivity index (χ1n) is 4.22. The Bertz CT molecular complexity index is 135. The molecule has 0 unspecified atom stereocenters. The number of carbonyl (C=O) groups excluding carboxylic acids is 1. The molecule has 0 saturated carbocycles. The second-order valence-electron chi connectivity index (χ2n) is 2.78. The summed E-state index contributed by atoms with van der Waals surface area (Å²) in [5.74, 6) is 0.130. The van der Waals surface area contributed by atoms with Gasteiger partial charge in [-0.1, -0.05) is 0 Å². The second-order valence-corrected chi connectivity index (χ2v) is 2.78. The van der Waals surface area contributed by atoms with E-state index < -0.39 is 0 Å². The monoisotopic (exact) mass is 193 g/mol. The lowest BCUT2D eigenvalue weighted by Gasteiger charge is -2.20. The van der Waals surface area contributed by atoms with E-state index in [1.807, 2.05) is 6.92 Å². The summed E-state index contributed by atoms with van der Waals surface area (Å²) < 4.78 is 4.91. The van der Waals surface area contributed by atoms with Crippen LogP contribution in [0.25, 0.3) is 0 Å². The van der Waals surface area contributed by atoms with Crippen LogP contribution in [-0.2, 0) is 9.53 Å². The van der Waals surface area contributed by atoms with E-state index in [1.165, 1.54) is 0 Å². The third kappa shape index (κ3) is 3.41. The van der Waals surface area contributed by atoms with Gasteiger partial charge in [0.1, 0.15) is 0 Å². The summed E-state index contributed by atoms with van der Waals surface area (Å²) in [4.78, 5) is 11.1. The van der Waals surface area contributed by atoms with Crippen molar-refractivity contribution < 1.29 is 9.53 Å². The number of carbonyl (C=O) groups is 1. The molecule has 0 aromatic carbocycles. The highest BCUT2D eigenvalue weighted by molar-refractivity contribution is 5.85. The first-order valence-corrected chi connectivity index (χ1v) is 4.22. The predicted octanol–water partition coefficient (Wildman–Crippen LogP) is 0.971. The van der Waals surface area contributed by atoms with Crippen LogP contribution in [-0.4, -0.2) is 25.7 Å². The number of esters is 1. The lowest BCUT2D eigenvalue weighted by molar-refractivity contribution is -0.148. The Morgan fingerprint density at radius 2 is 2.08 bits per heavy atom. The maximum absolute atomic E-state index is 11.1. The van der Waals surface area contributed by atoms with E-state index in [2.05, 4.69) is 5.32 Å². The van der Waals surface area contributed by atoms with Crippen LogP contribution in [0, 0.1) is 5.92 Å². The van der Waals surface area contributed by atoms with Crippen molar-refractivity contribution in [3.8, 4) is 0 Å². The molecule has 3 nitrogen and oxygen atoms in total. The van der Waals surface area contributed by atoms with Crippen LogP contribution in [0.5, 0.6) is 0 Å². The van der Waals surface area contributed by atoms with Crippen LogP contribution in [0.1, 0.15) is 19.8 Å². The zero-order valence-corrected chi connectivity index (χ0v) is 8.15. The van der Waals surface area contributed by atoms with Crippen molar-refractivity contribution in [1.82, 2.24) is 5.32 Å². The zero-order chi connectivity index (χ0) is 8.10. The van der Waals surface area contributed by atoms with Gasteiger partial charge in [-0.25, -0.2) is 0 Å². The molecule has 0 amide bonds. The summed E-state index contributed by atoms with van der Waals surface area (Å²) in [5, 5.41) is 3.20. The van der Waals surface area contributed by atoms with Crippen molar-refractivity contribution in [2.24, 2.45) is 5.92 Å². The third-order valence-electron chi connectivity index (χ3n) is 1.96. The van der Waals surface area contributed by atoms with Gasteiger partial charge in [0.15, 0.2) is 0 Å². The SMILES string of the molecule is CCOC(=O)C1CCNCC1.Cl. The van der Waals surface area contributed by atoms with Crippen LogP contribution >= 0.6 is 12.4 Å². The van der Waals surface area contributed by atoms with Crippen LogP contribution in [0.4, 0.5) is 0 Å². The third-order valence-corrected chi connectivity index (χ3v) is 1.96. The minimum absolute atomic E-state index is 0. The minimum atomic E-state index is -0.0194. The molecular formula is C8H16ClNO2. The Morgan fingerprint density at radius 3 is 2.58 bits per heavy atom. The number of hydrogen-bond donors (Lipinski definition) is 1. The van der Waals surface area contributed by atoms with Crippen LogP contribution in [0.2, 0.25) is 0 Å². The van der Waals surface area contributed by atoms with Gasteiger partial charge >= 0.3 is 5.97 Å². The van der Waals surface area contributed by atoms with Crippen molar-refractivity contribution in [3.63, 3.8) is 0 Å². The topological polar surface area (TPSA) is 38.3 Å². The van der Waals surface area contributed by atoms with Crippen LogP contribution in [0.3, 0.4) is 0 Å². The van der Waals surface area contributed by atoms with E-state index in [0.717, 1.165) is 25.9 Å². The molecule has 1 aliphatic heterocycles. The van der Waals surface area contributed by atoms with Crippen LogP contribution in [0.15, 0.2) is 0 Å². The average molecular weight is 194 g/mol. The molecule has 1 rings (SSSR count). The van der Waals surface area contributed by atoms with Gasteiger partial charge in [-0.3, -0.25) is 4.79 Å². The van der Waals surface area contributed by atoms with Crippen molar-refractivity contribution in [3.05, 3.63) is 0 Å². The van der Waals surface area contributed by atoms with E-state index in [1.54, 1.807) is 0 Å². The molecule has 0 bridgehead atoms. The molecule has 0 atom stereocenters. The maximum atomic E-state index is 11.1. The van der Waals surface area contributed by atoms with Gasteiger partial charge in [-0.05, 0) is 32.9 Å². The van der Waals surface area contributed by atoms with E-state index in [-0.39, 0.29) is 24.3 Å². The molecule has 1 fully saturated rings. The fourth-order valence-electron chi connectivity index (χ4n) is 1.32. The molecular weight excluding hydrogens is 178 g/mol. The molecule has 1 saturated heterocycles.